The minimum Gasteiger partial charge on any atom is -0.392 e. The van der Waals surface area contributed by atoms with E-state index in [2.05, 4.69) is 5.32 Å². The van der Waals surface area contributed by atoms with Crippen LogP contribution in [0.1, 0.15) is 6.92 Å². The van der Waals surface area contributed by atoms with E-state index in [0.29, 0.717) is 0 Å². The van der Waals surface area contributed by atoms with E-state index in [1.54, 1.807) is 6.92 Å². The maximum atomic E-state index is 11.1. The maximum Gasteiger partial charge on any atom is 0.159 e. The number of rotatable bonds is 2. The fraction of sp³-hybridized carbons (Fsp3) is 0.364. The molecular weight excluding hydrogens is 178 g/mol. The zero-order valence-corrected chi connectivity index (χ0v) is 8.03. The van der Waals surface area contributed by atoms with Crippen molar-refractivity contribution >= 4 is 5.78 Å². The van der Waals surface area contributed by atoms with Crippen LogP contribution in [0.3, 0.4) is 0 Å². The molecule has 0 bridgehead atoms. The molecule has 2 atom stereocenters. The van der Waals surface area contributed by atoms with E-state index in [4.69, 9.17) is 5.11 Å². The molecule has 0 fully saturated rings. The van der Waals surface area contributed by atoms with Crippen molar-refractivity contribution in [1.29, 1.82) is 0 Å². The first-order chi connectivity index (χ1) is 6.72. The highest BCUT2D eigenvalue weighted by molar-refractivity contribution is 5.96. The van der Waals surface area contributed by atoms with Crippen LogP contribution in [-0.4, -0.2) is 23.5 Å². The van der Waals surface area contributed by atoms with Crippen molar-refractivity contribution in [2.75, 3.05) is 6.61 Å². The Kier molecular flexibility index (Phi) is 2.25. The van der Waals surface area contributed by atoms with E-state index >= 15 is 0 Å². The molecule has 2 rings (SSSR count). The fourth-order valence-corrected chi connectivity index (χ4v) is 1.87. The van der Waals surface area contributed by atoms with Crippen LogP contribution in [0.15, 0.2) is 35.6 Å². The Morgan fingerprint density at radius 2 is 2.43 bits per heavy atom. The van der Waals surface area contributed by atoms with Gasteiger partial charge in [0, 0.05) is 11.5 Å². The van der Waals surface area contributed by atoms with Crippen LogP contribution in [0.25, 0.3) is 0 Å². The Hall–Kier alpha value is -1.35. The molecule has 0 aromatic heterocycles. The first-order valence-corrected chi connectivity index (χ1v) is 4.69. The van der Waals surface area contributed by atoms with Crippen LogP contribution in [0.2, 0.25) is 0 Å². The van der Waals surface area contributed by atoms with E-state index < -0.39 is 0 Å². The lowest BCUT2D eigenvalue weighted by atomic mass is 9.88. The summed E-state index contributed by atoms with van der Waals surface area (Å²) in [5.74, 6) is 0.294. The van der Waals surface area contributed by atoms with Crippen LogP contribution in [-0.2, 0) is 4.79 Å². The topological polar surface area (TPSA) is 49.3 Å². The molecule has 0 saturated carbocycles. The van der Waals surface area contributed by atoms with Crippen molar-refractivity contribution in [3.8, 4) is 0 Å². The van der Waals surface area contributed by atoms with Gasteiger partial charge in [-0.05, 0) is 18.7 Å². The first kappa shape index (κ1) is 9.21. The molecule has 0 aromatic carbocycles. The average Bonchev–Trinajstić information content (AvgIpc) is 2.59. The van der Waals surface area contributed by atoms with Crippen LogP contribution < -0.4 is 5.32 Å². The minimum atomic E-state index is 0.0712. The summed E-state index contributed by atoms with van der Waals surface area (Å²) in [6, 6.07) is 0.140. The lowest BCUT2D eigenvalue weighted by Gasteiger charge is -2.20. The monoisotopic (exact) mass is 191 g/mol. The number of aliphatic hydroxyl groups excluding tert-OH is 1. The van der Waals surface area contributed by atoms with Crippen LogP contribution in [0.4, 0.5) is 0 Å². The van der Waals surface area contributed by atoms with E-state index in [-0.39, 0.29) is 24.3 Å². The SMILES string of the molecule is CC(=O)C1=CC2NC=C(CO)C2C=C1. The number of carbonyl (C=O) groups excluding carboxylic acids is 1. The van der Waals surface area contributed by atoms with Crippen molar-refractivity contribution in [3.05, 3.63) is 35.6 Å². The van der Waals surface area contributed by atoms with Crippen molar-refractivity contribution in [2.24, 2.45) is 5.92 Å². The molecular formula is C11H13NO2. The molecule has 0 spiro atoms. The number of aliphatic hydroxyl groups is 1. The number of ketones is 1. The molecule has 1 heterocycles. The van der Waals surface area contributed by atoms with Gasteiger partial charge in [-0.3, -0.25) is 4.79 Å². The van der Waals surface area contributed by atoms with Gasteiger partial charge in [-0.25, -0.2) is 0 Å². The van der Waals surface area contributed by atoms with Gasteiger partial charge in [0.15, 0.2) is 5.78 Å². The third kappa shape index (κ3) is 1.40. The van der Waals surface area contributed by atoms with Gasteiger partial charge < -0.3 is 10.4 Å². The molecule has 3 heteroatoms. The summed E-state index contributed by atoms with van der Waals surface area (Å²) in [6.45, 7) is 1.63. The maximum absolute atomic E-state index is 11.1. The zero-order valence-electron chi connectivity index (χ0n) is 8.03. The number of hydrogen-bond donors (Lipinski definition) is 2. The van der Waals surface area contributed by atoms with Gasteiger partial charge in [-0.15, -0.1) is 0 Å². The Bertz CT molecular complexity index is 352. The highest BCUT2D eigenvalue weighted by Gasteiger charge is 2.28. The molecule has 14 heavy (non-hydrogen) atoms. The third-order valence-electron chi connectivity index (χ3n) is 2.71. The quantitative estimate of drug-likeness (QED) is 0.669. The Labute approximate surface area is 82.8 Å². The Morgan fingerprint density at radius 1 is 1.64 bits per heavy atom. The van der Waals surface area contributed by atoms with Crippen molar-refractivity contribution in [2.45, 2.75) is 13.0 Å². The van der Waals surface area contributed by atoms with Crippen LogP contribution in [0.5, 0.6) is 0 Å². The van der Waals surface area contributed by atoms with E-state index in [1.807, 2.05) is 24.4 Å². The van der Waals surface area contributed by atoms with Gasteiger partial charge in [-0.2, -0.15) is 0 Å². The second kappa shape index (κ2) is 3.42. The normalized spacial score (nSPS) is 29.0. The molecule has 0 aromatic rings. The van der Waals surface area contributed by atoms with Crippen LogP contribution in [0, 0.1) is 5.92 Å². The average molecular weight is 191 g/mol. The predicted octanol–water partition coefficient (Wildman–Crippen LogP) is 0.536. The fourth-order valence-electron chi connectivity index (χ4n) is 1.87. The predicted molar refractivity (Wildman–Crippen MR) is 53.5 cm³/mol. The Morgan fingerprint density at radius 3 is 3.07 bits per heavy atom. The molecule has 0 radical (unpaired) electrons. The lowest BCUT2D eigenvalue weighted by molar-refractivity contribution is -0.113. The third-order valence-corrected chi connectivity index (χ3v) is 2.71. The molecule has 2 unspecified atom stereocenters. The van der Waals surface area contributed by atoms with E-state index in [0.717, 1.165) is 11.1 Å². The number of allylic oxidation sites excluding steroid dienone is 2. The largest absolute Gasteiger partial charge is 0.392 e. The summed E-state index contributed by atoms with van der Waals surface area (Å²) in [4.78, 5) is 11.1. The molecule has 1 aliphatic heterocycles. The smallest absolute Gasteiger partial charge is 0.159 e. The molecule has 74 valence electrons. The molecule has 1 aliphatic carbocycles. The second-order valence-corrected chi connectivity index (χ2v) is 3.63. The summed E-state index contributed by atoms with van der Waals surface area (Å²) < 4.78 is 0. The summed E-state index contributed by atoms with van der Waals surface area (Å²) in [6.07, 6.45) is 7.56. The number of carbonyl (C=O) groups is 1. The van der Waals surface area contributed by atoms with Gasteiger partial charge in [0.2, 0.25) is 0 Å². The van der Waals surface area contributed by atoms with Gasteiger partial charge in [0.05, 0.1) is 12.6 Å². The van der Waals surface area contributed by atoms with Crippen molar-refractivity contribution in [3.63, 3.8) is 0 Å². The standard InChI is InChI=1S/C11H13NO2/c1-7(14)8-2-3-10-9(6-13)5-12-11(10)4-8/h2-5,10-13H,6H2,1H3. The molecule has 3 nitrogen and oxygen atoms in total. The molecule has 2 N–H and O–H groups in total. The molecule has 2 aliphatic rings. The second-order valence-electron chi connectivity index (χ2n) is 3.63. The first-order valence-electron chi connectivity index (χ1n) is 4.69. The van der Waals surface area contributed by atoms with Crippen LogP contribution >= 0.6 is 0 Å². The van der Waals surface area contributed by atoms with E-state index in [9.17, 15) is 4.79 Å². The van der Waals surface area contributed by atoms with Gasteiger partial charge in [-0.1, -0.05) is 18.2 Å². The summed E-state index contributed by atoms with van der Waals surface area (Å²) in [5, 5.41) is 12.2. The highest BCUT2D eigenvalue weighted by Crippen LogP contribution is 2.27. The summed E-state index contributed by atoms with van der Waals surface area (Å²) in [7, 11) is 0. The highest BCUT2D eigenvalue weighted by atomic mass is 16.3. The lowest BCUT2D eigenvalue weighted by Crippen LogP contribution is -2.27. The minimum absolute atomic E-state index is 0.0712. The van der Waals surface area contributed by atoms with Crippen molar-refractivity contribution < 1.29 is 9.90 Å². The van der Waals surface area contributed by atoms with Gasteiger partial charge in [0.1, 0.15) is 0 Å². The van der Waals surface area contributed by atoms with Crippen molar-refractivity contribution in [1.82, 2.24) is 5.32 Å². The summed E-state index contributed by atoms with van der Waals surface area (Å²) in [5.41, 5.74) is 1.72. The van der Waals surface area contributed by atoms with Gasteiger partial charge >= 0.3 is 0 Å². The zero-order chi connectivity index (χ0) is 10.1. The number of hydrogen-bond acceptors (Lipinski definition) is 3. The number of fused-ring (bicyclic) bond motifs is 1. The molecule has 0 amide bonds. The van der Waals surface area contributed by atoms with Gasteiger partial charge in [0.25, 0.3) is 0 Å². The Balaban J connectivity index is 2.20. The van der Waals surface area contributed by atoms with E-state index in [1.165, 1.54) is 0 Å². The summed E-state index contributed by atoms with van der Waals surface area (Å²) >= 11 is 0. The number of nitrogens with one attached hydrogen (secondary N) is 1. The molecule has 0 saturated heterocycles. The number of Topliss-reactive ketones (excluding diaryl/α,β-unsaturated/α-hetero) is 1.